The number of rotatable bonds is 7. The Balaban J connectivity index is 0.00000148. The molecule has 4 heterocycles. The third-order valence-corrected chi connectivity index (χ3v) is 9.14. The van der Waals surface area contributed by atoms with E-state index in [0.717, 1.165) is 55.2 Å². The van der Waals surface area contributed by atoms with Crippen LogP contribution in [0.25, 0.3) is 10.8 Å². The second kappa shape index (κ2) is 11.3. The number of hydrogen-bond acceptors (Lipinski definition) is 8. The molecule has 1 aliphatic carbocycles. The lowest BCUT2D eigenvalue weighted by molar-refractivity contribution is 0.182. The number of nitrogens with zero attached hydrogens (tertiary/aromatic N) is 5. The molecule has 3 fully saturated rings. The number of aromatic nitrogens is 2. The molecule has 2 unspecified atom stereocenters. The Morgan fingerprint density at radius 3 is 2.54 bits per heavy atom. The molecule has 2 atom stereocenters. The van der Waals surface area contributed by atoms with Gasteiger partial charge in [-0.25, -0.2) is 0 Å². The molecule has 8 heteroatoms. The van der Waals surface area contributed by atoms with Gasteiger partial charge in [0.25, 0.3) is 0 Å². The molecule has 0 spiro atoms. The van der Waals surface area contributed by atoms with Gasteiger partial charge in [-0.1, -0.05) is 32.0 Å². The highest BCUT2D eigenvalue weighted by atomic mass is 16.5. The number of anilines is 2. The van der Waals surface area contributed by atoms with Crippen LogP contribution < -0.4 is 19.9 Å². The number of nitrogens with one attached hydrogen (secondary N) is 1. The van der Waals surface area contributed by atoms with Crippen LogP contribution in [0.15, 0.2) is 30.3 Å². The normalized spacial score (nSPS) is 22.4. The van der Waals surface area contributed by atoms with E-state index in [9.17, 15) is 5.11 Å². The number of aromatic hydroxyl groups is 1. The van der Waals surface area contributed by atoms with Gasteiger partial charge in [0, 0.05) is 66.4 Å². The zero-order valence-electron chi connectivity index (χ0n) is 25.4. The lowest BCUT2D eigenvalue weighted by Crippen LogP contribution is -2.52. The van der Waals surface area contributed by atoms with Crippen molar-refractivity contribution in [1.29, 1.82) is 0 Å². The molecule has 1 aromatic heterocycles. The van der Waals surface area contributed by atoms with E-state index in [0.29, 0.717) is 37.0 Å². The monoisotopic (exact) mass is 558 g/mol. The summed E-state index contributed by atoms with van der Waals surface area (Å²) in [5, 5.41) is 16.6. The fraction of sp³-hybridized carbons (Fsp3) is 0.576. The minimum Gasteiger partial charge on any atom is -0.508 e. The molecule has 2 bridgehead atoms. The van der Waals surface area contributed by atoms with Crippen LogP contribution in [-0.2, 0) is 13.0 Å². The minimum atomic E-state index is 0.223. The molecule has 8 nitrogen and oxygen atoms in total. The van der Waals surface area contributed by atoms with Crippen LogP contribution in [0, 0.1) is 12.3 Å². The van der Waals surface area contributed by atoms with E-state index in [1.54, 1.807) is 0 Å². The van der Waals surface area contributed by atoms with Crippen LogP contribution in [-0.4, -0.2) is 78.9 Å². The van der Waals surface area contributed by atoms with E-state index in [1.807, 2.05) is 26.0 Å². The highest BCUT2D eigenvalue weighted by Gasteiger charge is 2.44. The number of ether oxygens (including phenoxy) is 1. The van der Waals surface area contributed by atoms with E-state index >= 15 is 0 Å². The van der Waals surface area contributed by atoms with E-state index in [1.165, 1.54) is 42.2 Å². The first-order valence-corrected chi connectivity index (χ1v) is 15.5. The molecule has 3 aliphatic heterocycles. The van der Waals surface area contributed by atoms with Gasteiger partial charge < -0.3 is 29.9 Å². The first-order valence-electron chi connectivity index (χ1n) is 15.5. The van der Waals surface area contributed by atoms with E-state index in [4.69, 9.17) is 14.7 Å². The summed E-state index contributed by atoms with van der Waals surface area (Å²) in [6.07, 6.45) is 5.74. The third-order valence-electron chi connectivity index (χ3n) is 9.14. The van der Waals surface area contributed by atoms with Crippen molar-refractivity contribution in [1.82, 2.24) is 20.2 Å². The topological polar surface area (TPSA) is 77.0 Å². The highest BCUT2D eigenvalue weighted by Crippen LogP contribution is 2.46. The first kappa shape index (κ1) is 28.0. The van der Waals surface area contributed by atoms with Crippen molar-refractivity contribution in [3.8, 4) is 11.8 Å². The molecule has 41 heavy (non-hydrogen) atoms. The molecular weight excluding hydrogens is 512 g/mol. The summed E-state index contributed by atoms with van der Waals surface area (Å²) in [5.74, 6) is 1.37. The quantitative estimate of drug-likeness (QED) is 0.424. The van der Waals surface area contributed by atoms with Crippen LogP contribution in [0.2, 0.25) is 0 Å². The Morgan fingerprint density at radius 1 is 1.07 bits per heavy atom. The summed E-state index contributed by atoms with van der Waals surface area (Å²) in [4.78, 5) is 17.2. The summed E-state index contributed by atoms with van der Waals surface area (Å²) < 4.78 is 6.40. The number of benzene rings is 2. The zero-order valence-corrected chi connectivity index (χ0v) is 25.4. The van der Waals surface area contributed by atoms with Crippen LogP contribution in [0.3, 0.4) is 0 Å². The maximum absolute atomic E-state index is 10.6. The second-order valence-corrected chi connectivity index (χ2v) is 12.6. The highest BCUT2D eigenvalue weighted by molar-refractivity contribution is 5.98. The number of aryl methyl sites for hydroxylation is 1. The van der Waals surface area contributed by atoms with Gasteiger partial charge in [0.2, 0.25) is 0 Å². The molecule has 4 aliphatic rings. The summed E-state index contributed by atoms with van der Waals surface area (Å²) >= 11 is 0. The third kappa shape index (κ3) is 5.69. The average molecular weight is 559 g/mol. The van der Waals surface area contributed by atoms with Crippen molar-refractivity contribution in [2.24, 2.45) is 5.41 Å². The molecule has 7 rings (SSSR count). The van der Waals surface area contributed by atoms with Gasteiger partial charge in [0.05, 0.1) is 18.8 Å². The Kier molecular flexibility index (Phi) is 7.72. The van der Waals surface area contributed by atoms with Gasteiger partial charge in [-0.05, 0) is 70.1 Å². The fourth-order valence-electron chi connectivity index (χ4n) is 7.13. The first-order chi connectivity index (χ1) is 19.9. The Hall–Kier alpha value is -3.10. The van der Waals surface area contributed by atoms with Crippen LogP contribution >= 0.6 is 0 Å². The van der Waals surface area contributed by atoms with Crippen molar-refractivity contribution in [3.05, 3.63) is 47.2 Å². The van der Waals surface area contributed by atoms with Gasteiger partial charge in [-0.2, -0.15) is 9.97 Å². The van der Waals surface area contributed by atoms with Gasteiger partial charge in [-0.3, -0.25) is 0 Å². The van der Waals surface area contributed by atoms with Crippen molar-refractivity contribution >= 4 is 22.3 Å². The maximum atomic E-state index is 10.6. The standard InChI is InChI=1S/C31H40N6O2.C2H6/c1-20-5-4-6-21-13-24(38)14-27(28(20)21)36-12-9-25-26(17-36)33-30(39-19-31(10-11-31)18-35(2)3)34-29(25)37-15-22-7-8-23(16-37)32-22;1-2/h4-6,13-14,22-23,32,38H,7-12,15-19H2,1-3H3;1-2H3. The van der Waals surface area contributed by atoms with Crippen molar-refractivity contribution in [2.75, 3.05) is 56.7 Å². The van der Waals surface area contributed by atoms with Gasteiger partial charge in [0.1, 0.15) is 11.6 Å². The lowest BCUT2D eigenvalue weighted by Gasteiger charge is -2.37. The summed E-state index contributed by atoms with van der Waals surface area (Å²) in [7, 11) is 4.27. The SMILES string of the molecule is CC.Cc1cccc2cc(O)cc(N3CCc4c(nc(OCC5(CN(C)C)CC5)nc4N4CC5CCC(C4)N5)C3)c12. The summed E-state index contributed by atoms with van der Waals surface area (Å²) in [5.41, 5.74) is 4.82. The van der Waals surface area contributed by atoms with E-state index < -0.39 is 0 Å². The average Bonchev–Trinajstić information content (AvgIpc) is 3.64. The number of phenolic OH excluding ortho intramolecular Hbond substituents is 1. The minimum absolute atomic E-state index is 0.223. The van der Waals surface area contributed by atoms with Crippen molar-refractivity contribution < 1.29 is 9.84 Å². The van der Waals surface area contributed by atoms with E-state index in [-0.39, 0.29) is 5.41 Å². The van der Waals surface area contributed by atoms with Crippen LogP contribution in [0.1, 0.15) is 56.4 Å². The van der Waals surface area contributed by atoms with Crippen LogP contribution in [0.4, 0.5) is 11.5 Å². The Morgan fingerprint density at radius 2 is 1.83 bits per heavy atom. The molecule has 1 saturated carbocycles. The zero-order chi connectivity index (χ0) is 28.7. The molecule has 2 N–H and O–H groups in total. The summed E-state index contributed by atoms with van der Waals surface area (Å²) in [6, 6.07) is 11.6. The molecular formula is C33H46N6O2. The lowest BCUT2D eigenvalue weighted by atomic mass is 9.99. The van der Waals surface area contributed by atoms with Gasteiger partial charge in [0.15, 0.2) is 0 Å². The Labute approximate surface area is 244 Å². The largest absolute Gasteiger partial charge is 0.508 e. The molecule has 0 amide bonds. The molecule has 2 aromatic carbocycles. The van der Waals surface area contributed by atoms with Crippen molar-refractivity contribution in [2.45, 2.75) is 71.5 Å². The number of hydrogen-bond donors (Lipinski definition) is 2. The van der Waals surface area contributed by atoms with E-state index in [2.05, 4.69) is 59.2 Å². The number of fused-ring (bicyclic) bond motifs is 4. The smallest absolute Gasteiger partial charge is 0.318 e. The number of phenols is 1. The molecule has 220 valence electrons. The fourth-order valence-corrected chi connectivity index (χ4v) is 7.13. The maximum Gasteiger partial charge on any atom is 0.318 e. The number of piperazine rings is 1. The van der Waals surface area contributed by atoms with Gasteiger partial charge >= 0.3 is 6.01 Å². The van der Waals surface area contributed by atoms with Crippen LogP contribution in [0.5, 0.6) is 11.8 Å². The molecule has 0 radical (unpaired) electrons. The second-order valence-electron chi connectivity index (χ2n) is 12.6. The Bertz CT molecular complexity index is 1390. The van der Waals surface area contributed by atoms with Crippen molar-refractivity contribution in [3.63, 3.8) is 0 Å². The molecule has 2 saturated heterocycles. The predicted octanol–water partition coefficient (Wildman–Crippen LogP) is 4.89. The summed E-state index contributed by atoms with van der Waals surface area (Å²) in [6.45, 7) is 11.4. The molecule has 3 aromatic rings. The van der Waals surface area contributed by atoms with Gasteiger partial charge in [-0.15, -0.1) is 0 Å². The predicted molar refractivity (Wildman–Crippen MR) is 166 cm³/mol.